The number of rotatable bonds is 8. The topological polar surface area (TPSA) is 96.3 Å². The number of amides is 1. The molecule has 30 heavy (non-hydrogen) atoms. The van der Waals surface area contributed by atoms with E-state index in [0.29, 0.717) is 43.1 Å². The van der Waals surface area contributed by atoms with Gasteiger partial charge in [-0.2, -0.15) is 0 Å². The van der Waals surface area contributed by atoms with Crippen LogP contribution in [-0.4, -0.2) is 53.7 Å². The number of ether oxygens (including phenoxy) is 2. The van der Waals surface area contributed by atoms with Crippen molar-refractivity contribution >= 4 is 17.4 Å². The molecule has 0 aliphatic carbocycles. The fourth-order valence-corrected chi connectivity index (χ4v) is 3.52. The van der Waals surface area contributed by atoms with Crippen LogP contribution < -0.4 is 4.74 Å². The molecule has 158 valence electrons. The van der Waals surface area contributed by atoms with Gasteiger partial charge in [0.15, 0.2) is 0 Å². The number of phenols is 1. The van der Waals surface area contributed by atoms with Crippen LogP contribution in [-0.2, 0) is 14.3 Å². The van der Waals surface area contributed by atoms with Gasteiger partial charge in [0.2, 0.25) is 0 Å². The summed E-state index contributed by atoms with van der Waals surface area (Å²) in [7, 11) is 1.51. The van der Waals surface area contributed by atoms with E-state index in [2.05, 4.69) is 0 Å². The van der Waals surface area contributed by atoms with E-state index in [-0.39, 0.29) is 17.1 Å². The summed E-state index contributed by atoms with van der Waals surface area (Å²) in [6, 6.07) is 12.2. The van der Waals surface area contributed by atoms with Gasteiger partial charge in [-0.25, -0.2) is 0 Å². The summed E-state index contributed by atoms with van der Waals surface area (Å²) in [5.74, 6) is -1.09. The lowest BCUT2D eigenvalue weighted by Crippen LogP contribution is -2.31. The number of nitrogens with zero attached hydrogens (tertiary/aromatic N) is 1. The van der Waals surface area contributed by atoms with Gasteiger partial charge in [-0.15, -0.1) is 0 Å². The van der Waals surface area contributed by atoms with Crippen molar-refractivity contribution < 1.29 is 29.3 Å². The Morgan fingerprint density at radius 3 is 2.53 bits per heavy atom. The van der Waals surface area contributed by atoms with E-state index in [0.717, 1.165) is 0 Å². The Hall–Kier alpha value is -3.32. The van der Waals surface area contributed by atoms with Crippen molar-refractivity contribution in [3.63, 3.8) is 0 Å². The molecule has 0 aromatic heterocycles. The number of aliphatic hydroxyl groups excluding tert-OH is 1. The van der Waals surface area contributed by atoms with E-state index >= 15 is 0 Å². The van der Waals surface area contributed by atoms with E-state index in [4.69, 9.17) is 9.47 Å². The van der Waals surface area contributed by atoms with E-state index in [9.17, 15) is 19.8 Å². The monoisotopic (exact) mass is 411 g/mol. The van der Waals surface area contributed by atoms with Crippen LogP contribution in [0.15, 0.2) is 54.1 Å². The summed E-state index contributed by atoms with van der Waals surface area (Å²) in [6.45, 7) is 3.20. The van der Waals surface area contributed by atoms with Gasteiger partial charge < -0.3 is 24.6 Å². The molecular weight excluding hydrogens is 386 g/mol. The molecule has 0 spiro atoms. The normalized spacial score (nSPS) is 18.1. The van der Waals surface area contributed by atoms with Gasteiger partial charge >= 0.3 is 0 Å². The van der Waals surface area contributed by atoms with Crippen molar-refractivity contribution in [2.45, 2.75) is 19.4 Å². The summed E-state index contributed by atoms with van der Waals surface area (Å²) in [6.07, 6.45) is 0.550. The largest absolute Gasteiger partial charge is 0.508 e. The summed E-state index contributed by atoms with van der Waals surface area (Å²) in [5, 5.41) is 20.6. The summed E-state index contributed by atoms with van der Waals surface area (Å²) in [4.78, 5) is 27.2. The second-order valence-corrected chi connectivity index (χ2v) is 6.87. The number of ketones is 1. The zero-order chi connectivity index (χ0) is 21.7. The number of hydrogen-bond acceptors (Lipinski definition) is 6. The van der Waals surface area contributed by atoms with Crippen molar-refractivity contribution in [3.8, 4) is 11.5 Å². The smallest absolute Gasteiger partial charge is 0.295 e. The molecule has 1 aliphatic rings. The molecule has 3 rings (SSSR count). The maximum Gasteiger partial charge on any atom is 0.295 e. The van der Waals surface area contributed by atoms with E-state index in [1.165, 1.54) is 24.1 Å². The number of aliphatic hydroxyl groups is 1. The van der Waals surface area contributed by atoms with Crippen LogP contribution in [0, 0.1) is 0 Å². The van der Waals surface area contributed by atoms with Gasteiger partial charge in [0.1, 0.15) is 17.3 Å². The molecule has 1 saturated heterocycles. The highest BCUT2D eigenvalue weighted by Crippen LogP contribution is 2.40. The fourth-order valence-electron chi connectivity index (χ4n) is 3.52. The van der Waals surface area contributed by atoms with Crippen LogP contribution in [0.3, 0.4) is 0 Å². The Labute approximate surface area is 175 Å². The quantitative estimate of drug-likeness (QED) is 0.300. The number of benzene rings is 2. The third kappa shape index (κ3) is 4.31. The summed E-state index contributed by atoms with van der Waals surface area (Å²) in [5.41, 5.74) is 1.01. The molecule has 2 aromatic carbocycles. The minimum Gasteiger partial charge on any atom is -0.508 e. The molecule has 0 bridgehead atoms. The number of carbonyl (C=O) groups is 2. The maximum atomic E-state index is 12.9. The van der Waals surface area contributed by atoms with Gasteiger partial charge in [0.25, 0.3) is 11.7 Å². The average Bonchev–Trinajstić information content (AvgIpc) is 3.01. The molecule has 0 unspecified atom stereocenters. The first-order chi connectivity index (χ1) is 14.5. The van der Waals surface area contributed by atoms with E-state index < -0.39 is 17.7 Å². The molecule has 1 amide bonds. The number of aromatic hydroxyl groups is 1. The molecule has 2 aromatic rings. The predicted molar refractivity (Wildman–Crippen MR) is 111 cm³/mol. The number of phenolic OH excluding ortho intramolecular Hbond substituents is 1. The molecule has 0 saturated carbocycles. The van der Waals surface area contributed by atoms with Gasteiger partial charge in [-0.3, -0.25) is 9.59 Å². The van der Waals surface area contributed by atoms with E-state index in [1.807, 2.05) is 6.92 Å². The Morgan fingerprint density at radius 2 is 1.87 bits per heavy atom. The van der Waals surface area contributed by atoms with Crippen LogP contribution in [0.4, 0.5) is 0 Å². The maximum absolute atomic E-state index is 12.9. The molecule has 7 heteroatoms. The first kappa shape index (κ1) is 21.4. The van der Waals surface area contributed by atoms with Gasteiger partial charge in [-0.05, 0) is 43.2 Å². The fraction of sp³-hybridized carbons (Fsp3) is 0.304. The highest BCUT2D eigenvalue weighted by molar-refractivity contribution is 6.46. The van der Waals surface area contributed by atoms with Crippen LogP contribution in [0.1, 0.15) is 30.5 Å². The molecule has 1 fully saturated rings. The van der Waals surface area contributed by atoms with Crippen LogP contribution in [0.25, 0.3) is 5.76 Å². The average molecular weight is 411 g/mol. The zero-order valence-corrected chi connectivity index (χ0v) is 17.0. The molecule has 0 radical (unpaired) electrons. The summed E-state index contributed by atoms with van der Waals surface area (Å²) < 4.78 is 10.5. The molecule has 7 nitrogen and oxygen atoms in total. The number of methoxy groups -OCH3 is 1. The summed E-state index contributed by atoms with van der Waals surface area (Å²) >= 11 is 0. The zero-order valence-electron chi connectivity index (χ0n) is 17.0. The Bertz CT molecular complexity index is 950. The van der Waals surface area contributed by atoms with E-state index in [1.54, 1.807) is 36.4 Å². The number of Topliss-reactive ketones (excluding diaryl/α,β-unsaturated/α-hetero) is 1. The highest BCUT2D eigenvalue weighted by Gasteiger charge is 2.45. The molecule has 1 heterocycles. The molecule has 1 aliphatic heterocycles. The lowest BCUT2D eigenvalue weighted by Gasteiger charge is -2.25. The first-order valence-corrected chi connectivity index (χ1v) is 9.77. The van der Waals surface area contributed by atoms with Crippen LogP contribution in [0.5, 0.6) is 11.5 Å². The van der Waals surface area contributed by atoms with Crippen molar-refractivity contribution in [3.05, 3.63) is 65.2 Å². The van der Waals surface area contributed by atoms with Gasteiger partial charge in [0.05, 0.1) is 18.7 Å². The lowest BCUT2D eigenvalue weighted by atomic mass is 9.95. The van der Waals surface area contributed by atoms with Gasteiger partial charge in [-0.1, -0.05) is 24.3 Å². The second-order valence-electron chi connectivity index (χ2n) is 6.87. The minimum atomic E-state index is -0.765. The third-order valence-corrected chi connectivity index (χ3v) is 4.98. The van der Waals surface area contributed by atoms with Crippen molar-refractivity contribution in [2.75, 3.05) is 26.9 Å². The molecule has 1 atom stereocenters. The van der Waals surface area contributed by atoms with Gasteiger partial charge in [0, 0.05) is 25.3 Å². The SMILES string of the molecule is CCOCCCN1C(=O)C(=O)C(=C(O)c2cccc(OC)c2)[C@H]1c1ccc(O)cc1. The Morgan fingerprint density at radius 1 is 1.13 bits per heavy atom. The highest BCUT2D eigenvalue weighted by atomic mass is 16.5. The lowest BCUT2D eigenvalue weighted by molar-refractivity contribution is -0.140. The van der Waals surface area contributed by atoms with Crippen LogP contribution in [0.2, 0.25) is 0 Å². The second kappa shape index (κ2) is 9.45. The van der Waals surface area contributed by atoms with Crippen molar-refractivity contribution in [2.24, 2.45) is 0 Å². The molecule has 2 N–H and O–H groups in total. The Kier molecular flexibility index (Phi) is 6.74. The standard InChI is InChI=1S/C23H25NO6/c1-3-30-13-5-12-24-20(15-8-10-17(25)11-9-15)19(22(27)23(24)28)21(26)16-6-4-7-18(14-16)29-2/h4,6-11,14,20,25-26H,3,5,12-13H2,1-2H3/t20-/m1/s1. The predicted octanol–water partition coefficient (Wildman–Crippen LogP) is 3.25. The third-order valence-electron chi connectivity index (χ3n) is 4.98. The number of carbonyl (C=O) groups excluding carboxylic acids is 2. The number of hydrogen-bond donors (Lipinski definition) is 2. The molecular formula is C23H25NO6. The minimum absolute atomic E-state index is 0.00959. The van der Waals surface area contributed by atoms with Crippen molar-refractivity contribution in [1.29, 1.82) is 0 Å². The first-order valence-electron chi connectivity index (χ1n) is 9.77. The van der Waals surface area contributed by atoms with Crippen molar-refractivity contribution in [1.82, 2.24) is 4.90 Å². The van der Waals surface area contributed by atoms with Crippen LogP contribution >= 0.6 is 0 Å². The Balaban J connectivity index is 2.07. The number of likely N-dealkylation sites (tertiary alicyclic amines) is 1.